The first kappa shape index (κ1) is 13.8. The number of hydrogen-bond acceptors (Lipinski definition) is 4. The van der Waals surface area contributed by atoms with Gasteiger partial charge in [-0.3, -0.25) is 14.4 Å². The summed E-state index contributed by atoms with van der Waals surface area (Å²) in [5.74, 6) is -0.412. The molecule has 0 saturated carbocycles. The van der Waals surface area contributed by atoms with Crippen LogP contribution in [0.3, 0.4) is 0 Å². The molecule has 110 valence electrons. The van der Waals surface area contributed by atoms with E-state index in [1.807, 2.05) is 47.3 Å². The zero-order chi connectivity index (χ0) is 14.7. The summed E-state index contributed by atoms with van der Waals surface area (Å²) in [6.45, 7) is 2.42. The maximum Gasteiger partial charge on any atom is 0.247 e. The summed E-state index contributed by atoms with van der Waals surface area (Å²) in [6.07, 6.45) is 1.42. The van der Waals surface area contributed by atoms with Crippen LogP contribution in [0.15, 0.2) is 42.6 Å². The van der Waals surface area contributed by atoms with Crippen LogP contribution in [0, 0.1) is 0 Å². The van der Waals surface area contributed by atoms with E-state index in [4.69, 9.17) is 10.5 Å². The fourth-order valence-electron chi connectivity index (χ4n) is 2.41. The van der Waals surface area contributed by atoms with E-state index in [0.717, 1.165) is 17.8 Å². The highest BCUT2D eigenvalue weighted by molar-refractivity contribution is 5.79. The van der Waals surface area contributed by atoms with Gasteiger partial charge in [-0.25, -0.2) is 0 Å². The number of nitrogens with zero attached hydrogens (tertiary/aromatic N) is 3. The summed E-state index contributed by atoms with van der Waals surface area (Å²) >= 11 is 0. The molecule has 0 unspecified atom stereocenters. The number of rotatable bonds is 4. The normalized spacial score (nSPS) is 19.5. The lowest BCUT2D eigenvalue weighted by molar-refractivity contribution is -0.136. The number of benzene rings is 1. The zero-order valence-corrected chi connectivity index (χ0v) is 11.7. The van der Waals surface area contributed by atoms with Gasteiger partial charge in [0.1, 0.15) is 6.10 Å². The van der Waals surface area contributed by atoms with Crippen LogP contribution in [-0.2, 0) is 16.2 Å². The van der Waals surface area contributed by atoms with E-state index in [9.17, 15) is 4.79 Å². The van der Waals surface area contributed by atoms with Crippen LogP contribution in [0.5, 0.6) is 0 Å². The molecule has 1 aliphatic heterocycles. The Morgan fingerprint density at radius 1 is 1.33 bits per heavy atom. The second kappa shape index (κ2) is 6.07. The Morgan fingerprint density at radius 3 is 2.90 bits per heavy atom. The van der Waals surface area contributed by atoms with E-state index in [0.29, 0.717) is 19.8 Å². The molecule has 1 saturated heterocycles. The maximum absolute atomic E-state index is 11.2. The third-order valence-corrected chi connectivity index (χ3v) is 3.52. The van der Waals surface area contributed by atoms with E-state index in [2.05, 4.69) is 10.00 Å². The fourth-order valence-corrected chi connectivity index (χ4v) is 2.41. The molecule has 2 aromatic rings. The van der Waals surface area contributed by atoms with Gasteiger partial charge in [-0.15, -0.1) is 0 Å². The van der Waals surface area contributed by atoms with Crippen LogP contribution in [0.25, 0.3) is 11.3 Å². The van der Waals surface area contributed by atoms with Crippen LogP contribution in [0.1, 0.15) is 0 Å². The molecule has 21 heavy (non-hydrogen) atoms. The molecule has 3 rings (SSSR count). The summed E-state index contributed by atoms with van der Waals surface area (Å²) in [5.41, 5.74) is 7.32. The zero-order valence-electron chi connectivity index (χ0n) is 11.7. The van der Waals surface area contributed by atoms with Crippen LogP contribution >= 0.6 is 0 Å². The van der Waals surface area contributed by atoms with Crippen molar-refractivity contribution in [1.82, 2.24) is 14.7 Å². The monoisotopic (exact) mass is 286 g/mol. The average Bonchev–Trinajstić information content (AvgIpc) is 2.97. The van der Waals surface area contributed by atoms with Gasteiger partial charge in [0, 0.05) is 24.8 Å². The van der Waals surface area contributed by atoms with Crippen LogP contribution in [0.4, 0.5) is 0 Å². The molecule has 0 spiro atoms. The molecule has 6 heteroatoms. The quantitative estimate of drug-likeness (QED) is 0.897. The number of ether oxygens (including phenoxy) is 1. The predicted octanol–water partition coefficient (Wildman–Crippen LogP) is 0.694. The number of primary amides is 1. The van der Waals surface area contributed by atoms with E-state index in [-0.39, 0.29) is 0 Å². The van der Waals surface area contributed by atoms with Gasteiger partial charge in [0.05, 0.1) is 19.0 Å². The molecule has 2 heterocycles. The van der Waals surface area contributed by atoms with Gasteiger partial charge in [0.15, 0.2) is 0 Å². The molecule has 1 fully saturated rings. The van der Waals surface area contributed by atoms with E-state index >= 15 is 0 Å². The molecule has 1 aromatic carbocycles. The summed E-state index contributed by atoms with van der Waals surface area (Å²) in [6, 6.07) is 12.0. The molecule has 1 atom stereocenters. The van der Waals surface area contributed by atoms with Crippen molar-refractivity contribution < 1.29 is 9.53 Å². The molecule has 1 aliphatic rings. The van der Waals surface area contributed by atoms with Crippen molar-refractivity contribution in [3.8, 4) is 11.3 Å². The van der Waals surface area contributed by atoms with Gasteiger partial charge in [0.25, 0.3) is 0 Å². The lowest BCUT2D eigenvalue weighted by atomic mass is 10.2. The summed E-state index contributed by atoms with van der Waals surface area (Å²) in [7, 11) is 0. The first-order valence-electron chi connectivity index (χ1n) is 6.94. The van der Waals surface area contributed by atoms with Crippen molar-refractivity contribution in [3.05, 3.63) is 42.6 Å². The maximum atomic E-state index is 11.2. The van der Waals surface area contributed by atoms with Crippen LogP contribution in [-0.4, -0.2) is 46.4 Å². The number of nitrogens with two attached hydrogens (primary N) is 1. The highest BCUT2D eigenvalue weighted by atomic mass is 16.5. The highest BCUT2D eigenvalue weighted by Crippen LogP contribution is 2.16. The number of morpholine rings is 1. The molecule has 1 amide bonds. The molecule has 0 bridgehead atoms. The van der Waals surface area contributed by atoms with Gasteiger partial charge in [-0.05, 0) is 6.07 Å². The Hall–Kier alpha value is -2.18. The minimum atomic E-state index is -0.525. The summed E-state index contributed by atoms with van der Waals surface area (Å²) in [5, 5.41) is 4.56. The third-order valence-electron chi connectivity index (χ3n) is 3.52. The largest absolute Gasteiger partial charge is 0.367 e. The first-order valence-corrected chi connectivity index (χ1v) is 6.94. The van der Waals surface area contributed by atoms with Crippen molar-refractivity contribution in [2.75, 3.05) is 19.7 Å². The molecular weight excluding hydrogens is 268 g/mol. The minimum absolute atomic E-state index is 0.412. The average molecular weight is 286 g/mol. The summed E-state index contributed by atoms with van der Waals surface area (Å²) in [4.78, 5) is 13.3. The van der Waals surface area contributed by atoms with Crippen molar-refractivity contribution in [3.63, 3.8) is 0 Å². The van der Waals surface area contributed by atoms with Gasteiger partial charge in [0.2, 0.25) is 5.91 Å². The molecule has 1 aromatic heterocycles. The van der Waals surface area contributed by atoms with E-state index in [1.165, 1.54) is 0 Å². The summed E-state index contributed by atoms with van der Waals surface area (Å²) < 4.78 is 7.20. The van der Waals surface area contributed by atoms with Gasteiger partial charge in [-0.2, -0.15) is 5.10 Å². The molecule has 6 nitrogen and oxygen atoms in total. The first-order chi connectivity index (χ1) is 10.2. The molecular formula is C15H18N4O2. The number of amides is 1. The Bertz CT molecular complexity index is 611. The SMILES string of the molecule is NC(=O)[C@H]1CN(Cn2ccc(-c3ccccc3)n2)CCO1. The Kier molecular flexibility index (Phi) is 3.98. The Balaban J connectivity index is 1.66. The molecule has 2 N–H and O–H groups in total. The topological polar surface area (TPSA) is 73.4 Å². The fraction of sp³-hybridized carbons (Fsp3) is 0.333. The molecule has 0 radical (unpaired) electrons. The van der Waals surface area contributed by atoms with Crippen molar-refractivity contribution in [2.24, 2.45) is 5.73 Å². The van der Waals surface area contributed by atoms with Crippen molar-refractivity contribution >= 4 is 5.91 Å². The van der Waals surface area contributed by atoms with Gasteiger partial charge in [-0.1, -0.05) is 30.3 Å². The predicted molar refractivity (Wildman–Crippen MR) is 78.2 cm³/mol. The van der Waals surface area contributed by atoms with Crippen molar-refractivity contribution in [2.45, 2.75) is 12.8 Å². The number of aromatic nitrogens is 2. The Morgan fingerprint density at radius 2 is 2.14 bits per heavy atom. The third kappa shape index (κ3) is 3.29. The van der Waals surface area contributed by atoms with E-state index in [1.54, 1.807) is 0 Å². The second-order valence-electron chi connectivity index (χ2n) is 5.09. The minimum Gasteiger partial charge on any atom is -0.367 e. The number of carbonyl (C=O) groups is 1. The van der Waals surface area contributed by atoms with E-state index < -0.39 is 12.0 Å². The number of hydrogen-bond donors (Lipinski definition) is 1. The second-order valence-corrected chi connectivity index (χ2v) is 5.09. The van der Waals surface area contributed by atoms with Gasteiger partial charge >= 0.3 is 0 Å². The smallest absolute Gasteiger partial charge is 0.247 e. The Labute approximate surface area is 123 Å². The molecule has 0 aliphatic carbocycles. The van der Waals surface area contributed by atoms with Crippen LogP contribution in [0.2, 0.25) is 0 Å². The van der Waals surface area contributed by atoms with Gasteiger partial charge < -0.3 is 10.5 Å². The lowest BCUT2D eigenvalue weighted by Crippen LogP contribution is -2.48. The highest BCUT2D eigenvalue weighted by Gasteiger charge is 2.24. The number of carbonyl (C=O) groups excluding carboxylic acids is 1. The van der Waals surface area contributed by atoms with Crippen molar-refractivity contribution in [1.29, 1.82) is 0 Å². The standard InChI is InChI=1S/C15H18N4O2/c16-15(20)14-10-18(8-9-21-14)11-19-7-6-13(17-19)12-4-2-1-3-5-12/h1-7,14H,8-11H2,(H2,16,20)/t14-/m1/s1. The van der Waals surface area contributed by atoms with Crippen LogP contribution < -0.4 is 5.73 Å². The lowest BCUT2D eigenvalue weighted by Gasteiger charge is -2.30.